The van der Waals surface area contributed by atoms with Crippen molar-refractivity contribution in [3.05, 3.63) is 0 Å². The third-order valence-electron chi connectivity index (χ3n) is 4.21. The maximum absolute atomic E-state index is 3.76. The molecule has 0 aromatic rings. The molecule has 0 saturated heterocycles. The van der Waals surface area contributed by atoms with E-state index in [1.54, 1.807) is 0 Å². The largest absolute Gasteiger partial charge is 0.312 e. The van der Waals surface area contributed by atoms with E-state index in [0.29, 0.717) is 0 Å². The highest BCUT2D eigenvalue weighted by molar-refractivity contribution is 4.85. The molecule has 1 rings (SSSR count). The summed E-state index contributed by atoms with van der Waals surface area (Å²) in [5, 5.41) is 3.76. The molecule has 0 aromatic heterocycles. The highest BCUT2D eigenvalue weighted by Crippen LogP contribution is 2.28. The molecule has 1 aliphatic rings. The summed E-state index contributed by atoms with van der Waals surface area (Å²) in [4.78, 5) is 2.30. The van der Waals surface area contributed by atoms with Crippen molar-refractivity contribution in [2.24, 2.45) is 11.8 Å². The monoisotopic (exact) mass is 226 g/mol. The van der Waals surface area contributed by atoms with Gasteiger partial charge in [-0.1, -0.05) is 13.8 Å². The first kappa shape index (κ1) is 14.0. The van der Waals surface area contributed by atoms with E-state index in [0.717, 1.165) is 24.4 Å². The fraction of sp³-hybridized carbons (Fsp3) is 1.00. The van der Waals surface area contributed by atoms with Gasteiger partial charge in [-0.2, -0.15) is 0 Å². The van der Waals surface area contributed by atoms with Gasteiger partial charge in [0.2, 0.25) is 0 Å². The highest BCUT2D eigenvalue weighted by Gasteiger charge is 2.26. The molecule has 0 bridgehead atoms. The van der Waals surface area contributed by atoms with Gasteiger partial charge in [0.05, 0.1) is 0 Å². The minimum absolute atomic E-state index is 0.254. The Balaban J connectivity index is 2.37. The normalized spacial score (nSPS) is 32.1. The van der Waals surface area contributed by atoms with Gasteiger partial charge >= 0.3 is 0 Å². The number of nitrogens with zero attached hydrogens (tertiary/aromatic N) is 1. The summed E-state index contributed by atoms with van der Waals surface area (Å²) in [7, 11) is 4.32. The number of hydrogen-bond donors (Lipinski definition) is 1. The zero-order chi connectivity index (χ0) is 12.3. The van der Waals surface area contributed by atoms with Crippen LogP contribution in [0, 0.1) is 11.8 Å². The number of rotatable bonds is 4. The predicted octanol–water partition coefficient (Wildman–Crippen LogP) is 2.74. The molecule has 1 saturated carbocycles. The Morgan fingerprint density at radius 2 is 1.56 bits per heavy atom. The molecule has 0 aromatic carbocycles. The van der Waals surface area contributed by atoms with Crippen LogP contribution in [0.25, 0.3) is 0 Å². The van der Waals surface area contributed by atoms with E-state index in [2.05, 4.69) is 52.0 Å². The standard InChI is InChI=1S/C14H30N2/c1-11-7-12(2)9-13(8-11)15-10-14(3,4)16(5)6/h11-13,15H,7-10H2,1-6H3. The lowest BCUT2D eigenvalue weighted by Gasteiger charge is -2.37. The van der Waals surface area contributed by atoms with E-state index in [4.69, 9.17) is 0 Å². The minimum atomic E-state index is 0.254. The van der Waals surface area contributed by atoms with Crippen LogP contribution in [-0.4, -0.2) is 37.1 Å². The van der Waals surface area contributed by atoms with E-state index >= 15 is 0 Å². The quantitative estimate of drug-likeness (QED) is 0.793. The highest BCUT2D eigenvalue weighted by atomic mass is 15.2. The molecule has 0 amide bonds. The summed E-state index contributed by atoms with van der Waals surface area (Å²) in [5.74, 6) is 1.78. The predicted molar refractivity (Wildman–Crippen MR) is 71.7 cm³/mol. The molecule has 1 aliphatic carbocycles. The van der Waals surface area contributed by atoms with E-state index in [1.165, 1.54) is 19.3 Å². The van der Waals surface area contributed by atoms with Gasteiger partial charge in [-0.15, -0.1) is 0 Å². The van der Waals surface area contributed by atoms with Gasteiger partial charge < -0.3 is 10.2 Å². The number of likely N-dealkylation sites (N-methyl/N-ethyl adjacent to an activating group) is 1. The van der Waals surface area contributed by atoms with Crippen molar-refractivity contribution in [2.45, 2.75) is 58.5 Å². The Morgan fingerprint density at radius 3 is 2.00 bits per heavy atom. The molecule has 0 spiro atoms. The second kappa shape index (κ2) is 5.50. The van der Waals surface area contributed by atoms with Crippen LogP contribution < -0.4 is 5.32 Å². The Bertz CT molecular complexity index is 201. The van der Waals surface area contributed by atoms with Gasteiger partial charge in [0.25, 0.3) is 0 Å². The van der Waals surface area contributed by atoms with Crippen molar-refractivity contribution in [3.8, 4) is 0 Å². The van der Waals surface area contributed by atoms with Crippen molar-refractivity contribution in [3.63, 3.8) is 0 Å². The third kappa shape index (κ3) is 4.06. The molecule has 1 N–H and O–H groups in total. The van der Waals surface area contributed by atoms with Crippen molar-refractivity contribution in [1.82, 2.24) is 10.2 Å². The Hall–Kier alpha value is -0.0800. The van der Waals surface area contributed by atoms with Crippen LogP contribution in [0.15, 0.2) is 0 Å². The lowest BCUT2D eigenvalue weighted by molar-refractivity contribution is 0.165. The minimum Gasteiger partial charge on any atom is -0.312 e. The Labute approximate surface area is 102 Å². The van der Waals surface area contributed by atoms with E-state index in [9.17, 15) is 0 Å². The van der Waals surface area contributed by atoms with Crippen LogP contribution in [0.5, 0.6) is 0 Å². The first-order valence-corrected chi connectivity index (χ1v) is 6.72. The lowest BCUT2D eigenvalue weighted by Crippen LogP contribution is -2.50. The maximum atomic E-state index is 3.76. The van der Waals surface area contributed by atoms with Gasteiger partial charge in [0.1, 0.15) is 0 Å². The fourth-order valence-corrected chi connectivity index (χ4v) is 2.67. The molecular formula is C14H30N2. The van der Waals surface area contributed by atoms with Crippen molar-refractivity contribution < 1.29 is 0 Å². The molecule has 2 unspecified atom stereocenters. The van der Waals surface area contributed by atoms with Gasteiger partial charge in [-0.25, -0.2) is 0 Å². The maximum Gasteiger partial charge on any atom is 0.0271 e. The molecule has 2 heteroatoms. The van der Waals surface area contributed by atoms with E-state index in [1.807, 2.05) is 0 Å². The van der Waals surface area contributed by atoms with Crippen molar-refractivity contribution in [1.29, 1.82) is 0 Å². The van der Waals surface area contributed by atoms with Crippen LogP contribution in [-0.2, 0) is 0 Å². The van der Waals surface area contributed by atoms with E-state index < -0.39 is 0 Å². The van der Waals surface area contributed by atoms with Gasteiger partial charge in [0.15, 0.2) is 0 Å². The molecule has 0 aliphatic heterocycles. The summed E-state index contributed by atoms with van der Waals surface area (Å²) in [6.07, 6.45) is 4.12. The number of nitrogens with one attached hydrogen (secondary N) is 1. The van der Waals surface area contributed by atoms with Crippen LogP contribution in [0.2, 0.25) is 0 Å². The Kier molecular flexibility index (Phi) is 4.81. The Morgan fingerprint density at radius 1 is 1.06 bits per heavy atom. The van der Waals surface area contributed by atoms with Gasteiger partial charge in [0, 0.05) is 18.1 Å². The summed E-state index contributed by atoms with van der Waals surface area (Å²) in [5.41, 5.74) is 0.254. The average Bonchev–Trinajstić information content (AvgIpc) is 2.13. The van der Waals surface area contributed by atoms with Crippen LogP contribution in [0.3, 0.4) is 0 Å². The van der Waals surface area contributed by atoms with E-state index in [-0.39, 0.29) is 5.54 Å². The number of hydrogen-bond acceptors (Lipinski definition) is 2. The molecule has 2 nitrogen and oxygen atoms in total. The van der Waals surface area contributed by atoms with Crippen LogP contribution in [0.1, 0.15) is 47.0 Å². The lowest BCUT2D eigenvalue weighted by atomic mass is 9.80. The molecular weight excluding hydrogens is 196 g/mol. The zero-order valence-corrected chi connectivity index (χ0v) is 12.0. The summed E-state index contributed by atoms with van der Waals surface area (Å²) < 4.78 is 0. The average molecular weight is 226 g/mol. The first-order chi connectivity index (χ1) is 7.31. The summed E-state index contributed by atoms with van der Waals surface area (Å²) in [6.45, 7) is 10.5. The third-order valence-corrected chi connectivity index (χ3v) is 4.21. The molecule has 2 atom stereocenters. The molecule has 0 radical (unpaired) electrons. The molecule has 96 valence electrons. The summed E-state index contributed by atoms with van der Waals surface area (Å²) >= 11 is 0. The van der Waals surface area contributed by atoms with Gasteiger partial charge in [-0.3, -0.25) is 0 Å². The second-order valence-corrected chi connectivity index (χ2v) is 6.70. The second-order valence-electron chi connectivity index (χ2n) is 6.70. The topological polar surface area (TPSA) is 15.3 Å². The molecule has 1 fully saturated rings. The molecule has 16 heavy (non-hydrogen) atoms. The van der Waals surface area contributed by atoms with Crippen LogP contribution >= 0.6 is 0 Å². The van der Waals surface area contributed by atoms with Crippen LogP contribution in [0.4, 0.5) is 0 Å². The van der Waals surface area contributed by atoms with Crippen molar-refractivity contribution >= 4 is 0 Å². The molecule has 0 heterocycles. The summed E-state index contributed by atoms with van der Waals surface area (Å²) in [6, 6.07) is 0.734. The van der Waals surface area contributed by atoms with Crippen molar-refractivity contribution in [2.75, 3.05) is 20.6 Å². The SMILES string of the molecule is CC1CC(C)CC(NCC(C)(C)N(C)C)C1. The van der Waals surface area contributed by atoms with Gasteiger partial charge in [-0.05, 0) is 59.0 Å². The smallest absolute Gasteiger partial charge is 0.0271 e. The first-order valence-electron chi connectivity index (χ1n) is 6.72. The zero-order valence-electron chi connectivity index (χ0n) is 12.0. The fourth-order valence-electron chi connectivity index (χ4n) is 2.67.